The normalized spacial score (nSPS) is 11.9. The average Bonchev–Trinajstić information content (AvgIpc) is 1.78. The maximum Gasteiger partial charge on any atom is 0.129 e. The van der Waals surface area contributed by atoms with E-state index in [0.717, 1.165) is 12.8 Å². The minimum absolute atomic E-state index is 0.290. The van der Waals surface area contributed by atoms with E-state index < -0.39 is 8.07 Å². The first-order valence-corrected chi connectivity index (χ1v) is 8.77. The van der Waals surface area contributed by atoms with Crippen LogP contribution in [0.3, 0.4) is 0 Å². The Bertz CT molecular complexity index is 255. The maximum atomic E-state index is 3.96. The van der Waals surface area contributed by atoms with Crippen LogP contribution in [-0.2, 0) is 0 Å². The Hall–Kier alpha value is -0.483. The molecular weight excluding hydrogens is 184 g/mol. The quantitative estimate of drug-likeness (QED) is 0.369. The van der Waals surface area contributed by atoms with Crippen molar-refractivity contribution in [3.05, 3.63) is 12.2 Å². The van der Waals surface area contributed by atoms with Crippen LogP contribution >= 0.6 is 0 Å². The highest BCUT2D eigenvalue weighted by atomic mass is 28.3. The highest BCUT2D eigenvalue weighted by Crippen LogP contribution is 2.27. The molecule has 0 aliphatic heterocycles. The molecule has 0 bridgehead atoms. The van der Waals surface area contributed by atoms with Gasteiger partial charge in [0.05, 0.1) is 0 Å². The molecule has 14 heavy (non-hydrogen) atoms. The summed E-state index contributed by atoms with van der Waals surface area (Å²) in [5.41, 5.74) is 4.96. The van der Waals surface area contributed by atoms with Crippen LogP contribution < -0.4 is 0 Å². The van der Waals surface area contributed by atoms with E-state index in [9.17, 15) is 0 Å². The Balaban J connectivity index is 4.22. The number of allylic oxidation sites excluding steroid dienone is 1. The van der Waals surface area contributed by atoms with Crippen molar-refractivity contribution < 1.29 is 0 Å². The summed E-state index contributed by atoms with van der Waals surface area (Å²) >= 11 is 0. The second kappa shape index (κ2) is 4.84. The summed E-state index contributed by atoms with van der Waals surface area (Å²) in [7, 11) is -1.18. The molecule has 1 heteroatoms. The van der Waals surface area contributed by atoms with Crippen LogP contribution in [0.2, 0.25) is 19.6 Å². The molecule has 0 aliphatic rings. The average molecular weight is 208 g/mol. The minimum Gasteiger partial charge on any atom is -0.132 e. The molecule has 0 nitrogen and oxygen atoms in total. The van der Waals surface area contributed by atoms with Crippen molar-refractivity contribution in [2.24, 2.45) is 5.41 Å². The number of hydrogen-bond donors (Lipinski definition) is 0. The zero-order valence-electron chi connectivity index (χ0n) is 10.6. The van der Waals surface area contributed by atoms with E-state index in [1.807, 2.05) is 0 Å². The van der Waals surface area contributed by atoms with Crippen LogP contribution in [0.1, 0.15) is 33.6 Å². The fraction of sp³-hybridized carbons (Fsp3) is 0.692. The van der Waals surface area contributed by atoms with Crippen molar-refractivity contribution in [2.45, 2.75) is 53.3 Å². The zero-order valence-corrected chi connectivity index (χ0v) is 11.6. The molecule has 0 atom stereocenters. The van der Waals surface area contributed by atoms with Crippen molar-refractivity contribution in [3.8, 4) is 11.5 Å². The lowest BCUT2D eigenvalue weighted by Crippen LogP contribution is -2.17. The molecule has 0 unspecified atom stereocenters. The molecular formula is C13H24Si. The van der Waals surface area contributed by atoms with E-state index in [1.165, 1.54) is 5.57 Å². The minimum atomic E-state index is -1.18. The molecule has 80 valence electrons. The lowest BCUT2D eigenvalue weighted by atomic mass is 9.84. The largest absolute Gasteiger partial charge is 0.132 e. The van der Waals surface area contributed by atoms with Crippen LogP contribution in [0.15, 0.2) is 12.2 Å². The molecule has 0 rings (SSSR count). The molecule has 0 spiro atoms. The Kier molecular flexibility index (Phi) is 4.67. The Morgan fingerprint density at radius 2 is 1.79 bits per heavy atom. The van der Waals surface area contributed by atoms with Gasteiger partial charge in [0.2, 0.25) is 0 Å². The highest BCUT2D eigenvalue weighted by molar-refractivity contribution is 6.83. The smallest absolute Gasteiger partial charge is 0.129 e. The fourth-order valence-electron chi connectivity index (χ4n) is 1.43. The second-order valence-corrected chi connectivity index (χ2v) is 10.8. The molecule has 0 aromatic carbocycles. The third-order valence-electron chi connectivity index (χ3n) is 1.81. The topological polar surface area (TPSA) is 0 Å². The van der Waals surface area contributed by atoms with E-state index in [0.29, 0.717) is 5.41 Å². The molecule has 0 amide bonds. The molecule has 0 aromatic heterocycles. The third-order valence-corrected chi connectivity index (χ3v) is 2.74. The Morgan fingerprint density at radius 3 is 2.14 bits per heavy atom. The van der Waals surface area contributed by atoms with Gasteiger partial charge in [0, 0.05) is 6.42 Å². The predicted molar refractivity (Wildman–Crippen MR) is 69.0 cm³/mol. The zero-order chi connectivity index (χ0) is 11.4. The SMILES string of the molecule is C=C(C)CC(C)(C)CC#C[Si](C)(C)C. The summed E-state index contributed by atoms with van der Waals surface area (Å²) in [6, 6.07) is 0. The lowest BCUT2D eigenvalue weighted by Gasteiger charge is -2.21. The van der Waals surface area contributed by atoms with Gasteiger partial charge in [0.15, 0.2) is 0 Å². The molecule has 0 fully saturated rings. The molecule has 0 aromatic rings. The first kappa shape index (κ1) is 13.5. The van der Waals surface area contributed by atoms with Crippen molar-refractivity contribution >= 4 is 8.07 Å². The van der Waals surface area contributed by atoms with Gasteiger partial charge in [-0.2, -0.15) is 0 Å². The first-order chi connectivity index (χ1) is 6.12. The maximum absolute atomic E-state index is 3.96. The van der Waals surface area contributed by atoms with Crippen LogP contribution in [0.5, 0.6) is 0 Å². The summed E-state index contributed by atoms with van der Waals surface area (Å²) in [6.07, 6.45) is 2.07. The van der Waals surface area contributed by atoms with Gasteiger partial charge in [0.25, 0.3) is 0 Å². The van der Waals surface area contributed by atoms with Crippen molar-refractivity contribution in [1.82, 2.24) is 0 Å². The summed E-state index contributed by atoms with van der Waals surface area (Å²) in [4.78, 5) is 0. The Morgan fingerprint density at radius 1 is 1.29 bits per heavy atom. The van der Waals surface area contributed by atoms with Crippen LogP contribution in [0, 0.1) is 16.9 Å². The van der Waals surface area contributed by atoms with E-state index in [1.54, 1.807) is 0 Å². The van der Waals surface area contributed by atoms with Gasteiger partial charge in [-0.3, -0.25) is 0 Å². The fourth-order valence-corrected chi connectivity index (χ4v) is 2.05. The second-order valence-electron chi connectivity index (χ2n) is 6.03. The summed E-state index contributed by atoms with van der Waals surface area (Å²) in [5, 5.41) is 0. The number of hydrogen-bond acceptors (Lipinski definition) is 0. The molecule has 0 heterocycles. The Labute approximate surface area is 90.8 Å². The standard InChI is InChI=1S/C13H24Si/c1-12(2)11-13(3,4)9-8-10-14(5,6)7/h1,9,11H2,2-7H3. The van der Waals surface area contributed by atoms with Gasteiger partial charge in [-0.05, 0) is 18.8 Å². The molecule has 0 radical (unpaired) electrons. The van der Waals surface area contributed by atoms with E-state index >= 15 is 0 Å². The molecule has 0 aliphatic carbocycles. The van der Waals surface area contributed by atoms with Gasteiger partial charge < -0.3 is 0 Å². The van der Waals surface area contributed by atoms with Gasteiger partial charge in [0.1, 0.15) is 8.07 Å². The third kappa shape index (κ3) is 8.13. The van der Waals surface area contributed by atoms with Crippen molar-refractivity contribution in [1.29, 1.82) is 0 Å². The van der Waals surface area contributed by atoms with Gasteiger partial charge >= 0.3 is 0 Å². The first-order valence-electron chi connectivity index (χ1n) is 5.27. The van der Waals surface area contributed by atoms with Gasteiger partial charge in [-0.15, -0.1) is 18.0 Å². The van der Waals surface area contributed by atoms with Gasteiger partial charge in [-0.25, -0.2) is 0 Å². The molecule has 0 N–H and O–H groups in total. The van der Waals surface area contributed by atoms with E-state index in [4.69, 9.17) is 0 Å². The van der Waals surface area contributed by atoms with Crippen molar-refractivity contribution in [2.75, 3.05) is 0 Å². The van der Waals surface area contributed by atoms with E-state index in [2.05, 4.69) is 58.5 Å². The molecule has 0 saturated heterocycles. The summed E-state index contributed by atoms with van der Waals surface area (Å²) in [6.45, 7) is 17.4. The van der Waals surface area contributed by atoms with Crippen LogP contribution in [0.25, 0.3) is 0 Å². The van der Waals surface area contributed by atoms with Crippen molar-refractivity contribution in [3.63, 3.8) is 0 Å². The summed E-state index contributed by atoms with van der Waals surface area (Å²) < 4.78 is 0. The van der Waals surface area contributed by atoms with Crippen LogP contribution in [0.4, 0.5) is 0 Å². The van der Waals surface area contributed by atoms with E-state index in [-0.39, 0.29) is 0 Å². The predicted octanol–water partition coefficient (Wildman–Crippen LogP) is 4.25. The molecule has 0 saturated carbocycles. The number of rotatable bonds is 3. The monoisotopic (exact) mass is 208 g/mol. The van der Waals surface area contributed by atoms with Crippen LogP contribution in [-0.4, -0.2) is 8.07 Å². The van der Waals surface area contributed by atoms with Gasteiger partial charge in [-0.1, -0.05) is 39.1 Å². The lowest BCUT2D eigenvalue weighted by molar-refractivity contribution is 0.374. The highest BCUT2D eigenvalue weighted by Gasteiger charge is 2.16. The summed E-state index contributed by atoms with van der Waals surface area (Å²) in [5.74, 6) is 3.34.